The lowest BCUT2D eigenvalue weighted by Gasteiger charge is -2.16. The monoisotopic (exact) mass is 471 g/mol. The van der Waals surface area contributed by atoms with Gasteiger partial charge in [-0.25, -0.2) is 13.1 Å². The first kappa shape index (κ1) is 23.4. The van der Waals surface area contributed by atoms with E-state index in [4.69, 9.17) is 4.74 Å². The number of amides is 2. The molecule has 2 aliphatic heterocycles. The summed E-state index contributed by atoms with van der Waals surface area (Å²) >= 11 is 0. The van der Waals surface area contributed by atoms with Gasteiger partial charge in [-0.15, -0.1) is 0 Å². The number of nitrogens with one attached hydrogen (secondary N) is 2. The van der Waals surface area contributed by atoms with Gasteiger partial charge in [0, 0.05) is 43.9 Å². The van der Waals surface area contributed by atoms with Gasteiger partial charge in [0.15, 0.2) is 0 Å². The van der Waals surface area contributed by atoms with Crippen molar-refractivity contribution in [1.29, 1.82) is 0 Å². The Balaban J connectivity index is 1.37. The first-order valence-electron chi connectivity index (χ1n) is 11.3. The van der Waals surface area contributed by atoms with Crippen LogP contribution < -0.4 is 10.0 Å². The van der Waals surface area contributed by atoms with Gasteiger partial charge in [-0.3, -0.25) is 9.59 Å². The van der Waals surface area contributed by atoms with Gasteiger partial charge in [-0.1, -0.05) is 18.2 Å². The van der Waals surface area contributed by atoms with Gasteiger partial charge in [0.05, 0.1) is 11.0 Å². The van der Waals surface area contributed by atoms with Crippen molar-refractivity contribution in [1.82, 2.24) is 14.9 Å². The summed E-state index contributed by atoms with van der Waals surface area (Å²) in [4.78, 5) is 27.1. The highest BCUT2D eigenvalue weighted by Gasteiger charge is 2.22. The smallest absolute Gasteiger partial charge is 0.253 e. The summed E-state index contributed by atoms with van der Waals surface area (Å²) in [5.41, 5.74) is 1.66. The Kier molecular flexibility index (Phi) is 7.42. The van der Waals surface area contributed by atoms with Crippen LogP contribution in [0.2, 0.25) is 0 Å². The number of hydrogen-bond donors (Lipinski definition) is 2. The topological polar surface area (TPSA) is 105 Å². The van der Waals surface area contributed by atoms with Crippen molar-refractivity contribution < 1.29 is 22.7 Å². The van der Waals surface area contributed by atoms with Crippen molar-refractivity contribution in [3.05, 3.63) is 65.2 Å². The molecular formula is C24H29N3O5S. The molecule has 2 heterocycles. The molecule has 2 N–H and O–H groups in total. The number of benzene rings is 2. The maximum absolute atomic E-state index is 12.7. The molecule has 0 radical (unpaired) electrons. The van der Waals surface area contributed by atoms with Crippen LogP contribution in [-0.4, -0.2) is 57.5 Å². The predicted octanol–water partition coefficient (Wildman–Crippen LogP) is 2.31. The van der Waals surface area contributed by atoms with Crippen molar-refractivity contribution in [3.8, 4) is 0 Å². The molecule has 9 heteroatoms. The molecule has 2 aromatic rings. The van der Waals surface area contributed by atoms with E-state index < -0.39 is 10.0 Å². The summed E-state index contributed by atoms with van der Waals surface area (Å²) in [6.07, 6.45) is 3.70. The number of sulfonamides is 1. The van der Waals surface area contributed by atoms with Crippen LogP contribution in [0.15, 0.2) is 53.4 Å². The minimum atomic E-state index is -3.75. The Morgan fingerprint density at radius 3 is 2.52 bits per heavy atom. The Bertz CT molecular complexity index is 1110. The first-order valence-corrected chi connectivity index (χ1v) is 12.8. The molecule has 2 amide bonds. The molecule has 2 saturated heterocycles. The molecule has 0 bridgehead atoms. The lowest BCUT2D eigenvalue weighted by Crippen LogP contribution is -2.32. The van der Waals surface area contributed by atoms with Gasteiger partial charge in [0.2, 0.25) is 10.0 Å². The van der Waals surface area contributed by atoms with E-state index in [9.17, 15) is 18.0 Å². The Morgan fingerprint density at radius 1 is 1.00 bits per heavy atom. The highest BCUT2D eigenvalue weighted by Crippen LogP contribution is 2.16. The molecule has 2 aromatic carbocycles. The van der Waals surface area contributed by atoms with E-state index in [-0.39, 0.29) is 41.5 Å². The Hall–Kier alpha value is -2.75. The summed E-state index contributed by atoms with van der Waals surface area (Å²) in [6, 6.07) is 13.2. The summed E-state index contributed by atoms with van der Waals surface area (Å²) in [5.74, 6) is -0.378. The molecular weight excluding hydrogens is 442 g/mol. The third-order valence-corrected chi connectivity index (χ3v) is 7.37. The number of hydrogen-bond acceptors (Lipinski definition) is 5. The number of carbonyl (C=O) groups is 2. The van der Waals surface area contributed by atoms with Crippen LogP contribution in [0.5, 0.6) is 0 Å². The van der Waals surface area contributed by atoms with Crippen LogP contribution in [-0.2, 0) is 21.3 Å². The van der Waals surface area contributed by atoms with Crippen LogP contribution in [0, 0.1) is 0 Å². The third-order valence-electron chi connectivity index (χ3n) is 5.95. The Morgan fingerprint density at radius 2 is 1.76 bits per heavy atom. The number of ether oxygens (including phenoxy) is 1. The number of likely N-dealkylation sites (tertiary alicyclic amines) is 1. The van der Waals surface area contributed by atoms with Crippen molar-refractivity contribution in [2.24, 2.45) is 0 Å². The SMILES string of the molecule is O=C(NCc1cccc(C(=O)N2CCCC2)c1)c1cccc(S(=O)(=O)NCC2CCCO2)c1. The molecule has 33 heavy (non-hydrogen) atoms. The first-order chi connectivity index (χ1) is 15.9. The fourth-order valence-electron chi connectivity index (χ4n) is 4.10. The molecule has 0 aliphatic carbocycles. The number of nitrogens with zero attached hydrogens (tertiary/aromatic N) is 1. The zero-order chi connectivity index (χ0) is 23.3. The number of rotatable bonds is 8. The fraction of sp³-hybridized carbons (Fsp3) is 0.417. The van der Waals surface area contributed by atoms with Crippen molar-refractivity contribution in [3.63, 3.8) is 0 Å². The lowest BCUT2D eigenvalue weighted by molar-refractivity contribution is 0.0792. The van der Waals surface area contributed by atoms with Gasteiger partial charge in [-0.2, -0.15) is 0 Å². The lowest BCUT2D eigenvalue weighted by atomic mass is 10.1. The van der Waals surface area contributed by atoms with E-state index in [0.29, 0.717) is 12.2 Å². The molecule has 0 saturated carbocycles. The van der Waals surface area contributed by atoms with Crippen LogP contribution in [0.4, 0.5) is 0 Å². The second-order valence-electron chi connectivity index (χ2n) is 8.40. The van der Waals surface area contributed by atoms with Crippen LogP contribution >= 0.6 is 0 Å². The van der Waals surface area contributed by atoms with E-state index >= 15 is 0 Å². The van der Waals surface area contributed by atoms with Gasteiger partial charge < -0.3 is 15.0 Å². The van der Waals surface area contributed by atoms with E-state index in [1.165, 1.54) is 12.1 Å². The van der Waals surface area contributed by atoms with Crippen molar-refractivity contribution >= 4 is 21.8 Å². The van der Waals surface area contributed by atoms with E-state index in [1.54, 1.807) is 30.3 Å². The zero-order valence-corrected chi connectivity index (χ0v) is 19.3. The van der Waals surface area contributed by atoms with Gasteiger partial charge in [0.25, 0.3) is 11.8 Å². The molecule has 2 fully saturated rings. The molecule has 1 unspecified atom stereocenters. The molecule has 2 aliphatic rings. The zero-order valence-electron chi connectivity index (χ0n) is 18.5. The van der Waals surface area contributed by atoms with Gasteiger partial charge in [0.1, 0.15) is 0 Å². The van der Waals surface area contributed by atoms with E-state index in [0.717, 1.165) is 44.3 Å². The van der Waals surface area contributed by atoms with Crippen molar-refractivity contribution in [2.45, 2.75) is 43.2 Å². The average Bonchev–Trinajstić information content (AvgIpc) is 3.56. The molecule has 1 atom stereocenters. The number of carbonyl (C=O) groups excluding carboxylic acids is 2. The largest absolute Gasteiger partial charge is 0.377 e. The van der Waals surface area contributed by atoms with E-state index in [2.05, 4.69) is 10.0 Å². The quantitative estimate of drug-likeness (QED) is 0.615. The fourth-order valence-corrected chi connectivity index (χ4v) is 5.21. The highest BCUT2D eigenvalue weighted by molar-refractivity contribution is 7.89. The normalized spacial score (nSPS) is 18.4. The summed E-state index contributed by atoms with van der Waals surface area (Å²) < 4.78 is 33.3. The van der Waals surface area contributed by atoms with Crippen LogP contribution in [0.3, 0.4) is 0 Å². The molecule has 0 aromatic heterocycles. The minimum Gasteiger partial charge on any atom is -0.377 e. The average molecular weight is 472 g/mol. The van der Waals surface area contributed by atoms with E-state index in [1.807, 2.05) is 11.0 Å². The third kappa shape index (κ3) is 5.98. The van der Waals surface area contributed by atoms with Gasteiger partial charge in [-0.05, 0) is 61.6 Å². The molecule has 176 valence electrons. The standard InChI is InChI=1S/C24H29N3O5S/c28-23(25-16-18-6-3-8-20(14-18)24(29)27-11-1-2-12-27)19-7-4-10-22(15-19)33(30,31)26-17-21-9-5-13-32-21/h3-4,6-8,10,14-15,21,26H,1-2,5,9,11-13,16-17H2,(H,25,28). The summed E-state index contributed by atoms with van der Waals surface area (Å²) in [7, 11) is -3.75. The van der Waals surface area contributed by atoms with Crippen LogP contribution in [0.1, 0.15) is 52.0 Å². The molecule has 4 rings (SSSR count). The minimum absolute atomic E-state index is 0.00841. The van der Waals surface area contributed by atoms with Gasteiger partial charge >= 0.3 is 0 Å². The maximum Gasteiger partial charge on any atom is 0.253 e. The maximum atomic E-state index is 12.7. The van der Waals surface area contributed by atoms with Crippen LogP contribution in [0.25, 0.3) is 0 Å². The summed E-state index contributed by atoms with van der Waals surface area (Å²) in [5, 5.41) is 2.81. The predicted molar refractivity (Wildman–Crippen MR) is 123 cm³/mol. The summed E-state index contributed by atoms with van der Waals surface area (Å²) in [6.45, 7) is 2.65. The highest BCUT2D eigenvalue weighted by atomic mass is 32.2. The molecule has 8 nitrogen and oxygen atoms in total. The second-order valence-corrected chi connectivity index (χ2v) is 10.2. The Labute approximate surface area is 194 Å². The molecule has 0 spiro atoms. The second kappa shape index (κ2) is 10.5. The van der Waals surface area contributed by atoms with Crippen molar-refractivity contribution in [2.75, 3.05) is 26.2 Å².